The fraction of sp³-hybridized carbons (Fsp3) is 0.567. The first-order valence-corrected chi connectivity index (χ1v) is 47.1. The van der Waals surface area contributed by atoms with E-state index in [0.29, 0.717) is 42.1 Å². The molecule has 4 aromatic rings. The number of hydrogen-bond acceptors (Lipinski definition) is 24. The number of aliphatic hydroxyl groups excluding tert-OH is 1. The van der Waals surface area contributed by atoms with Crippen LogP contribution >= 0.6 is 0 Å². The van der Waals surface area contributed by atoms with Crippen molar-refractivity contribution in [2.24, 2.45) is 35.1 Å². The molecule has 2 heterocycles. The predicted octanol–water partition coefficient (Wildman–Crippen LogP) is 1.02. The number of nitrogens with one attached hydrogen (secondary N) is 16. The molecular weight excluding hydrogens is 1820 g/mol. The average molecular weight is 1960 g/mol. The normalized spacial score (nSPS) is 21.9. The Morgan fingerprint density at radius 3 is 1.69 bits per heavy atom. The summed E-state index contributed by atoms with van der Waals surface area (Å²) in [5.41, 5.74) is 7.97. The van der Waals surface area contributed by atoms with Gasteiger partial charge in [0.1, 0.15) is 71.2 Å². The molecule has 18 atom stereocenters. The van der Waals surface area contributed by atoms with Crippen LogP contribution < -0.4 is 91.2 Å². The van der Waals surface area contributed by atoms with Gasteiger partial charge in [-0.25, -0.2) is 8.78 Å². The highest BCUT2D eigenvalue weighted by molar-refractivity contribution is 6.41. The lowest BCUT2D eigenvalue weighted by Crippen LogP contribution is -2.65. The number of halogens is 2. The van der Waals surface area contributed by atoms with Crippen molar-refractivity contribution in [3.63, 3.8) is 0 Å². The number of carbonyl (C=O) groups is 20. The summed E-state index contributed by atoms with van der Waals surface area (Å²) < 4.78 is 29.7. The van der Waals surface area contributed by atoms with E-state index in [-0.39, 0.29) is 86.6 Å². The molecule has 41 nitrogen and oxygen atoms in total. The fourth-order valence-corrected chi connectivity index (χ4v) is 15.4. The molecule has 3 aromatic carbocycles. The van der Waals surface area contributed by atoms with Crippen molar-refractivity contribution in [1.82, 2.24) is 84.7 Å². The summed E-state index contributed by atoms with van der Waals surface area (Å²) in [7, 11) is 0. The summed E-state index contributed by atoms with van der Waals surface area (Å²) in [6.45, 7) is 20.7. The lowest BCUT2D eigenvalue weighted by atomic mass is 9.89. The first kappa shape index (κ1) is 117. The van der Waals surface area contributed by atoms with Gasteiger partial charge in [0.2, 0.25) is 112 Å². The SMILES string of the molecule is CC(=O)N[C@@H](CC(C)C)C(=O)N[C@H](C(=O)N[C@@H](Cc1ccc(F)c(F)c1)C(=O)N[C@]1(C)CCCCCC/C=C/CCC[C@@](C)(C(=O)NC(C)C(=O)N[C@@H](C)C(=O)NC(C)C(=O)N[C@@H](C)C(=O)C(=O)[C@H](C)NC[C@H](C)C(N)=O)NC(=O)[C@H](CC(C)C)CN[C@@H](CCC(N)=O)C(=O)C(=O)C(C)NC(=O)[C@H](Cc2c[nH]c3ccccc23)NC(=O)C(Cc2ccc(O)cc2)NC(=O)[C@H](CCC(=O)O)NC1=O)[C@@H](C)O. The maximum atomic E-state index is 15.6. The Kier molecular flexibility index (Phi) is 46.9. The Labute approximate surface area is 812 Å². The quantitative estimate of drug-likeness (QED) is 0.0219. The van der Waals surface area contributed by atoms with Crippen molar-refractivity contribution in [3.05, 3.63) is 113 Å². The molecule has 1 aliphatic heterocycles. The van der Waals surface area contributed by atoms with Gasteiger partial charge in [0.15, 0.2) is 11.6 Å². The highest BCUT2D eigenvalue weighted by atomic mass is 19.2. The average Bonchev–Trinajstić information content (AvgIpc) is 1.54. The smallest absolute Gasteiger partial charge is 0.303 e. The molecule has 1 aliphatic rings. The monoisotopic (exact) mass is 1960 g/mol. The number of fused-ring (bicyclic) bond motifs is 1. The van der Waals surface area contributed by atoms with Gasteiger partial charge in [-0.1, -0.05) is 102 Å². The van der Waals surface area contributed by atoms with Crippen LogP contribution in [0.3, 0.4) is 0 Å². The number of amides is 15. The number of aliphatic hydroxyl groups is 1. The Hall–Kier alpha value is -13.3. The lowest BCUT2D eigenvalue weighted by Gasteiger charge is -2.34. The number of aromatic nitrogens is 1. The number of nitrogens with two attached hydrogens (primary N) is 2. The molecule has 0 bridgehead atoms. The highest BCUT2D eigenvalue weighted by Gasteiger charge is 2.44. The number of carboxylic acids is 1. The molecular formula is C97H140F2N18O23. The van der Waals surface area contributed by atoms with Gasteiger partial charge < -0.3 is 112 Å². The molecule has 5 rings (SSSR count). The number of para-hydroxylation sites is 1. The van der Waals surface area contributed by atoms with Gasteiger partial charge in [0, 0.05) is 75.1 Å². The van der Waals surface area contributed by atoms with Crippen LogP contribution in [0.5, 0.6) is 5.75 Å². The van der Waals surface area contributed by atoms with E-state index in [1.165, 1.54) is 79.7 Å². The Bertz CT molecular complexity index is 5110. The molecule has 4 unspecified atom stereocenters. The van der Waals surface area contributed by atoms with E-state index in [4.69, 9.17) is 11.5 Å². The van der Waals surface area contributed by atoms with Gasteiger partial charge >= 0.3 is 5.97 Å². The summed E-state index contributed by atoms with van der Waals surface area (Å²) in [5.74, 6) is -25.4. The van der Waals surface area contributed by atoms with E-state index in [1.807, 2.05) is 6.08 Å². The number of aromatic hydroxyl groups is 1. The zero-order chi connectivity index (χ0) is 105. The van der Waals surface area contributed by atoms with Crippen molar-refractivity contribution in [1.29, 1.82) is 0 Å². The molecule has 0 saturated heterocycles. The Morgan fingerprint density at radius 2 is 1.11 bits per heavy atom. The van der Waals surface area contributed by atoms with Gasteiger partial charge in [0.25, 0.3) is 0 Å². The van der Waals surface area contributed by atoms with Crippen LogP contribution in [-0.4, -0.2) is 247 Å². The van der Waals surface area contributed by atoms with Crippen LogP contribution in [0, 0.1) is 35.3 Å². The van der Waals surface area contributed by atoms with E-state index in [2.05, 4.69) is 84.7 Å². The third kappa shape index (κ3) is 38.1. The number of aliphatic carboxylic acids is 1. The van der Waals surface area contributed by atoms with Crippen molar-refractivity contribution in [2.45, 2.75) is 315 Å². The van der Waals surface area contributed by atoms with Gasteiger partial charge in [-0.3, -0.25) is 95.9 Å². The van der Waals surface area contributed by atoms with Gasteiger partial charge in [-0.15, -0.1) is 0 Å². The Balaban J connectivity index is 1.60. The standard InChI is InChI=1S/C97H140F2N18O23/c1-50(2)41-64-49-104-70(35-37-76(100)121)82(127)81(126)55(8)106-89(134)75(46-63-48-103-69-28-24-23-27-66(63)69)112-90(135)73(44-61-29-32-65(120)33-30-61)111-88(133)71(36-38-77(122)123)114-95(140)97(15,117-92(137)74(45-62-31-34-67(98)68(99)43-62)113-93(138)78(59(12)118)115-91(136)72(42-51(3)4)110-60(13)119)40-26-22-20-18-16-17-19-21-25-39-96(14,116-87(64)132)94(139)109-58(11)86(131)108-57(10)85(130)107-56(9)84(129)105-54(7)80(125)79(124)53(6)102-47-52(5)83(101)128/h17,19,23-24,27-34,43,48,50-59,64,70-75,78,102-104,118,120H,16,18,20-22,25-26,35-42,44-47,49H2,1-15H3,(H2,100,121)(H2,101,128)(H,105,129)(H,106,134)(H,107,130)(H,108,131)(H,109,139)(H,110,119)(H,111,133)(H,112,135)(H,113,138)(H,114,140)(H,115,136)(H,116,132)(H,117,137)(H,122,123)/b19-17+/t52-,53-,54-,55?,56?,57-,58?,59+,64+,70-,71-,72-,73?,74-,75-,78-,96-,97+/m0/s1. The summed E-state index contributed by atoms with van der Waals surface area (Å²) >= 11 is 0. The number of phenols is 1. The number of rotatable bonds is 39. The minimum Gasteiger partial charge on any atom is -0.508 e. The van der Waals surface area contributed by atoms with Crippen molar-refractivity contribution < 1.29 is 120 Å². The molecule has 0 aliphatic carbocycles. The van der Waals surface area contributed by atoms with E-state index in [0.717, 1.165) is 39.0 Å². The van der Waals surface area contributed by atoms with Crippen molar-refractivity contribution in [3.8, 4) is 5.75 Å². The molecule has 43 heteroatoms. The van der Waals surface area contributed by atoms with Gasteiger partial charge in [0.05, 0.1) is 36.2 Å². The number of Topliss-reactive ketones (excluding diaryl/α,β-unsaturated/α-hetero) is 4. The number of benzene rings is 3. The van der Waals surface area contributed by atoms with Crippen LogP contribution in [-0.2, 0) is 115 Å². The first-order chi connectivity index (χ1) is 65.6. The second-order valence-corrected chi connectivity index (χ2v) is 37.4. The minimum atomic E-state index is -2.22. The number of H-pyrrole nitrogens is 1. The van der Waals surface area contributed by atoms with Crippen LogP contribution in [0.2, 0.25) is 0 Å². The van der Waals surface area contributed by atoms with E-state index >= 15 is 33.2 Å². The molecule has 0 spiro atoms. The fourth-order valence-electron chi connectivity index (χ4n) is 15.4. The third-order valence-electron chi connectivity index (χ3n) is 23.9. The molecule has 0 radical (unpaired) electrons. The number of allylic oxidation sites excluding steroid dienone is 2. The summed E-state index contributed by atoms with van der Waals surface area (Å²) in [6.07, 6.45) is 1.37. The molecule has 140 heavy (non-hydrogen) atoms. The lowest BCUT2D eigenvalue weighted by molar-refractivity contribution is -0.140. The second-order valence-electron chi connectivity index (χ2n) is 37.4. The number of carboxylic acid groups (broad SMARTS) is 1. The van der Waals surface area contributed by atoms with Crippen molar-refractivity contribution >= 4 is 129 Å². The molecule has 770 valence electrons. The number of aromatic amines is 1. The molecule has 23 N–H and O–H groups in total. The summed E-state index contributed by atoms with van der Waals surface area (Å²) in [5, 5.41) is 71.1. The molecule has 1 aromatic heterocycles. The second kappa shape index (κ2) is 56.1. The van der Waals surface area contributed by atoms with Gasteiger partial charge in [-0.05, 0) is 185 Å². The molecule has 15 amide bonds. The van der Waals surface area contributed by atoms with E-state index < -0.39 is 282 Å². The topological polar surface area (TPSA) is 650 Å². The largest absolute Gasteiger partial charge is 0.508 e. The van der Waals surface area contributed by atoms with E-state index in [9.17, 15) is 86.8 Å². The van der Waals surface area contributed by atoms with Gasteiger partial charge in [-0.2, -0.15) is 0 Å². The van der Waals surface area contributed by atoms with Crippen molar-refractivity contribution in [2.75, 3.05) is 13.1 Å². The first-order valence-electron chi connectivity index (χ1n) is 47.1. The number of carbonyl (C=O) groups excluding carboxylic acids is 19. The zero-order valence-electron chi connectivity index (χ0n) is 82.0. The molecule has 0 saturated carbocycles. The van der Waals surface area contributed by atoms with Crippen LogP contribution in [0.25, 0.3) is 10.9 Å². The maximum absolute atomic E-state index is 15.6. The number of primary amides is 2. The van der Waals surface area contributed by atoms with E-state index in [1.54, 1.807) is 64.2 Å². The summed E-state index contributed by atoms with van der Waals surface area (Å²) in [6, 6.07) is -5.68. The number of ketones is 4. The van der Waals surface area contributed by atoms with Crippen LogP contribution in [0.4, 0.5) is 8.78 Å². The third-order valence-corrected chi connectivity index (χ3v) is 23.9. The minimum absolute atomic E-state index is 0.0126. The zero-order valence-corrected chi connectivity index (χ0v) is 82.0. The predicted molar refractivity (Wildman–Crippen MR) is 510 cm³/mol. The maximum Gasteiger partial charge on any atom is 0.303 e. The highest BCUT2D eigenvalue weighted by Crippen LogP contribution is 2.26. The number of hydrogen-bond donors (Lipinski definition) is 21. The van der Waals surface area contributed by atoms with Crippen LogP contribution in [0.1, 0.15) is 217 Å². The number of phenolic OH excluding ortho intramolecular Hbond substituents is 1. The van der Waals surface area contributed by atoms with Crippen LogP contribution in [0.15, 0.2) is 85.1 Å². The Morgan fingerprint density at radius 1 is 0.543 bits per heavy atom. The summed E-state index contributed by atoms with van der Waals surface area (Å²) in [4.78, 5) is 283. The molecule has 0 fully saturated rings.